The van der Waals surface area contributed by atoms with Crippen LogP contribution in [0.4, 0.5) is 5.95 Å². The summed E-state index contributed by atoms with van der Waals surface area (Å²) in [4.78, 5) is 33.7. The first-order valence-corrected chi connectivity index (χ1v) is 6.26. The first kappa shape index (κ1) is 13.9. The number of carbonyl (C=O) groups is 1. The second-order valence-electron chi connectivity index (χ2n) is 4.22. The molecule has 106 valence electrons. The van der Waals surface area contributed by atoms with Crippen molar-refractivity contribution in [2.75, 3.05) is 5.32 Å². The van der Waals surface area contributed by atoms with Gasteiger partial charge in [-0.15, -0.1) is 0 Å². The van der Waals surface area contributed by atoms with Crippen molar-refractivity contribution in [2.45, 2.75) is 33.1 Å². The molecule has 0 saturated carbocycles. The van der Waals surface area contributed by atoms with Crippen LogP contribution in [-0.2, 0) is 17.6 Å². The fourth-order valence-corrected chi connectivity index (χ4v) is 1.60. The van der Waals surface area contributed by atoms with Crippen LogP contribution >= 0.6 is 0 Å². The number of aryl methyl sites for hydroxylation is 3. The van der Waals surface area contributed by atoms with E-state index in [1.807, 2.05) is 6.92 Å². The lowest BCUT2D eigenvalue weighted by Crippen LogP contribution is -2.19. The number of H-pyrrole nitrogens is 1. The van der Waals surface area contributed by atoms with Gasteiger partial charge in [0.1, 0.15) is 0 Å². The first-order chi connectivity index (χ1) is 9.56. The number of aromatic amines is 1. The first-order valence-electron chi connectivity index (χ1n) is 6.26. The normalized spacial score (nSPS) is 10.5. The van der Waals surface area contributed by atoms with Crippen LogP contribution in [0.15, 0.2) is 15.4 Å². The van der Waals surface area contributed by atoms with Gasteiger partial charge in [-0.3, -0.25) is 19.9 Å². The topological polar surface area (TPSA) is 114 Å². The molecular weight excluding hydrogens is 262 g/mol. The lowest BCUT2D eigenvalue weighted by atomic mass is 10.3. The predicted octanol–water partition coefficient (Wildman–Crippen LogP) is 0.595. The monoisotopic (exact) mass is 277 g/mol. The molecule has 0 fully saturated rings. The molecule has 2 N–H and O–H groups in total. The SMILES string of the molecule is CCc1cc(=O)[nH]c(NC(=O)CCc2nc(C)no2)n1. The van der Waals surface area contributed by atoms with Crippen LogP contribution in [0.25, 0.3) is 0 Å². The van der Waals surface area contributed by atoms with Gasteiger partial charge in [0.2, 0.25) is 17.7 Å². The molecule has 20 heavy (non-hydrogen) atoms. The molecule has 8 nitrogen and oxygen atoms in total. The smallest absolute Gasteiger partial charge is 0.252 e. The number of nitrogens with one attached hydrogen (secondary N) is 2. The highest BCUT2D eigenvalue weighted by molar-refractivity contribution is 5.88. The zero-order valence-electron chi connectivity index (χ0n) is 11.3. The third-order valence-corrected chi connectivity index (χ3v) is 2.55. The molecule has 0 aliphatic heterocycles. The largest absolute Gasteiger partial charge is 0.339 e. The summed E-state index contributed by atoms with van der Waals surface area (Å²) in [5.74, 6) is 0.807. The zero-order valence-corrected chi connectivity index (χ0v) is 11.3. The van der Waals surface area contributed by atoms with Crippen molar-refractivity contribution in [2.24, 2.45) is 0 Å². The third-order valence-electron chi connectivity index (χ3n) is 2.55. The molecule has 2 aromatic heterocycles. The Balaban J connectivity index is 1.94. The van der Waals surface area contributed by atoms with Crippen LogP contribution in [0.5, 0.6) is 0 Å². The Hall–Kier alpha value is -2.51. The minimum atomic E-state index is -0.292. The molecule has 0 bridgehead atoms. The zero-order chi connectivity index (χ0) is 14.5. The second-order valence-corrected chi connectivity index (χ2v) is 4.22. The minimum absolute atomic E-state index is 0.154. The minimum Gasteiger partial charge on any atom is -0.339 e. The van der Waals surface area contributed by atoms with Crippen molar-refractivity contribution < 1.29 is 9.32 Å². The number of hydrogen-bond donors (Lipinski definition) is 2. The maximum Gasteiger partial charge on any atom is 0.252 e. The molecule has 8 heteroatoms. The standard InChI is InChI=1S/C12H15N5O3/c1-3-8-6-10(19)16-12(14-8)15-9(18)4-5-11-13-7(2)17-20-11/h6H,3-5H2,1-2H3,(H2,14,15,16,18,19). The molecule has 0 unspecified atom stereocenters. The summed E-state index contributed by atoms with van der Waals surface area (Å²) < 4.78 is 4.91. The van der Waals surface area contributed by atoms with Crippen molar-refractivity contribution >= 4 is 11.9 Å². The number of amides is 1. The van der Waals surface area contributed by atoms with Gasteiger partial charge in [0.15, 0.2) is 5.82 Å². The van der Waals surface area contributed by atoms with Gasteiger partial charge in [-0.1, -0.05) is 12.1 Å². The van der Waals surface area contributed by atoms with E-state index in [1.54, 1.807) is 6.92 Å². The Morgan fingerprint density at radius 2 is 2.25 bits per heavy atom. The van der Waals surface area contributed by atoms with Crippen molar-refractivity contribution in [1.82, 2.24) is 20.1 Å². The number of nitrogens with zero attached hydrogens (tertiary/aromatic N) is 3. The van der Waals surface area contributed by atoms with Crippen molar-refractivity contribution in [3.63, 3.8) is 0 Å². The summed E-state index contributed by atoms with van der Waals surface area (Å²) in [5.41, 5.74) is 0.330. The van der Waals surface area contributed by atoms with E-state index in [0.717, 1.165) is 0 Å². The third kappa shape index (κ3) is 3.74. The number of aromatic nitrogens is 4. The van der Waals surface area contributed by atoms with Crippen LogP contribution in [0.3, 0.4) is 0 Å². The average Bonchev–Trinajstić information content (AvgIpc) is 2.81. The maximum atomic E-state index is 11.7. The number of anilines is 1. The van der Waals surface area contributed by atoms with E-state index < -0.39 is 0 Å². The Bertz CT molecular complexity index is 661. The molecule has 0 aromatic carbocycles. The van der Waals surface area contributed by atoms with Crippen molar-refractivity contribution in [3.05, 3.63) is 33.8 Å². The lowest BCUT2D eigenvalue weighted by molar-refractivity contribution is -0.116. The van der Waals surface area contributed by atoms with E-state index in [0.29, 0.717) is 30.3 Å². The predicted molar refractivity (Wildman–Crippen MR) is 70.2 cm³/mol. The molecule has 0 radical (unpaired) electrons. The van der Waals surface area contributed by atoms with Crippen LogP contribution in [0, 0.1) is 6.92 Å². The Kier molecular flexibility index (Phi) is 4.24. The summed E-state index contributed by atoms with van der Waals surface area (Å²) in [6.07, 6.45) is 1.13. The van der Waals surface area contributed by atoms with Crippen molar-refractivity contribution in [3.8, 4) is 0 Å². The van der Waals surface area contributed by atoms with E-state index >= 15 is 0 Å². The number of carbonyl (C=O) groups excluding carboxylic acids is 1. The molecular formula is C12H15N5O3. The van der Waals surface area contributed by atoms with Gasteiger partial charge in [-0.2, -0.15) is 4.98 Å². The Labute approximate surface area is 114 Å². The fourth-order valence-electron chi connectivity index (χ4n) is 1.60. The fraction of sp³-hybridized carbons (Fsp3) is 0.417. The number of rotatable bonds is 5. The Morgan fingerprint density at radius 3 is 2.90 bits per heavy atom. The van der Waals surface area contributed by atoms with E-state index in [2.05, 4.69) is 25.4 Å². The molecule has 0 aliphatic carbocycles. The van der Waals surface area contributed by atoms with Crippen LogP contribution < -0.4 is 10.9 Å². The highest BCUT2D eigenvalue weighted by Crippen LogP contribution is 2.03. The molecule has 0 saturated heterocycles. The molecule has 0 aliphatic rings. The van der Waals surface area contributed by atoms with E-state index in [9.17, 15) is 9.59 Å². The summed E-state index contributed by atoms with van der Waals surface area (Å²) in [5, 5.41) is 6.17. The molecule has 2 rings (SSSR count). The van der Waals surface area contributed by atoms with E-state index in [4.69, 9.17) is 4.52 Å². The van der Waals surface area contributed by atoms with Gasteiger partial charge in [-0.25, -0.2) is 4.98 Å². The molecule has 0 atom stereocenters. The maximum absolute atomic E-state index is 11.7. The summed E-state index contributed by atoms with van der Waals surface area (Å²) in [7, 11) is 0. The summed E-state index contributed by atoms with van der Waals surface area (Å²) in [6, 6.07) is 1.40. The summed E-state index contributed by atoms with van der Waals surface area (Å²) in [6.45, 7) is 3.59. The molecule has 1 amide bonds. The van der Waals surface area contributed by atoms with Crippen LogP contribution in [0.2, 0.25) is 0 Å². The van der Waals surface area contributed by atoms with Gasteiger partial charge in [-0.05, 0) is 13.3 Å². The van der Waals surface area contributed by atoms with E-state index in [-0.39, 0.29) is 23.8 Å². The number of hydrogen-bond acceptors (Lipinski definition) is 6. The van der Waals surface area contributed by atoms with Crippen molar-refractivity contribution in [1.29, 1.82) is 0 Å². The molecule has 0 spiro atoms. The van der Waals surface area contributed by atoms with Gasteiger partial charge in [0.25, 0.3) is 5.56 Å². The molecule has 2 aromatic rings. The second kappa shape index (κ2) is 6.09. The highest BCUT2D eigenvalue weighted by atomic mass is 16.5. The average molecular weight is 277 g/mol. The van der Waals surface area contributed by atoms with Crippen LogP contribution in [0.1, 0.15) is 30.8 Å². The van der Waals surface area contributed by atoms with Gasteiger partial charge >= 0.3 is 0 Å². The quantitative estimate of drug-likeness (QED) is 0.827. The summed E-state index contributed by atoms with van der Waals surface area (Å²) >= 11 is 0. The van der Waals surface area contributed by atoms with Crippen LogP contribution in [-0.4, -0.2) is 26.0 Å². The van der Waals surface area contributed by atoms with Gasteiger partial charge in [0.05, 0.1) is 0 Å². The van der Waals surface area contributed by atoms with Gasteiger partial charge in [0, 0.05) is 24.6 Å². The highest BCUT2D eigenvalue weighted by Gasteiger charge is 2.09. The Morgan fingerprint density at radius 1 is 1.45 bits per heavy atom. The van der Waals surface area contributed by atoms with E-state index in [1.165, 1.54) is 6.07 Å². The molecule has 2 heterocycles. The van der Waals surface area contributed by atoms with Gasteiger partial charge < -0.3 is 4.52 Å². The lowest BCUT2D eigenvalue weighted by Gasteiger charge is -2.04.